The molecule has 5 nitrogen and oxygen atoms in total. The van der Waals surface area contributed by atoms with Crippen molar-refractivity contribution in [3.8, 4) is 0 Å². The second kappa shape index (κ2) is 2.85. The van der Waals surface area contributed by atoms with E-state index in [1.165, 1.54) is 13.3 Å². The van der Waals surface area contributed by atoms with Crippen LogP contribution in [0.3, 0.4) is 0 Å². The number of fused-ring (bicyclic) bond motifs is 1. The van der Waals surface area contributed by atoms with Crippen LogP contribution >= 0.6 is 0 Å². The molecule has 0 spiro atoms. The van der Waals surface area contributed by atoms with Gasteiger partial charge in [-0.15, -0.1) is 0 Å². The maximum atomic E-state index is 11.1. The molecular weight excluding hydrogens is 170 g/mol. The maximum absolute atomic E-state index is 11.1. The van der Waals surface area contributed by atoms with Crippen molar-refractivity contribution in [2.24, 2.45) is 0 Å². The molecular formula is C8H7N3O2. The molecule has 0 unspecified atom stereocenters. The molecule has 2 heterocycles. The molecule has 13 heavy (non-hydrogen) atoms. The quantitative estimate of drug-likeness (QED) is 0.596. The Labute approximate surface area is 74.0 Å². The van der Waals surface area contributed by atoms with Gasteiger partial charge in [-0.1, -0.05) is 0 Å². The van der Waals surface area contributed by atoms with E-state index < -0.39 is 5.97 Å². The monoisotopic (exact) mass is 177 g/mol. The normalized spacial score (nSPS) is 10.2. The summed E-state index contributed by atoms with van der Waals surface area (Å²) in [7, 11) is 1.32. The standard InChI is InChI=1S/C8H7N3O2/c1-13-8(12)6-5-11-3-2-9-7(11)4-10-6/h2-5H,1H3. The predicted octanol–water partition coefficient (Wildman–Crippen LogP) is 0.516. The van der Waals surface area contributed by atoms with Crippen molar-refractivity contribution in [1.82, 2.24) is 14.4 Å². The number of carbonyl (C=O) groups excluding carboxylic acids is 1. The summed E-state index contributed by atoms with van der Waals surface area (Å²) in [6.45, 7) is 0. The molecule has 0 aliphatic heterocycles. The third-order valence-corrected chi connectivity index (χ3v) is 1.67. The van der Waals surface area contributed by atoms with Crippen molar-refractivity contribution in [2.45, 2.75) is 0 Å². The second-order valence-electron chi connectivity index (χ2n) is 2.46. The third kappa shape index (κ3) is 1.24. The van der Waals surface area contributed by atoms with Gasteiger partial charge in [0.1, 0.15) is 0 Å². The molecule has 0 aliphatic carbocycles. The number of nitrogens with zero attached hydrogens (tertiary/aromatic N) is 3. The number of hydrogen-bond donors (Lipinski definition) is 0. The van der Waals surface area contributed by atoms with Crippen molar-refractivity contribution in [2.75, 3.05) is 7.11 Å². The van der Waals surface area contributed by atoms with Crippen LogP contribution in [0.4, 0.5) is 0 Å². The SMILES string of the molecule is COC(=O)c1cn2ccnc2cn1. The van der Waals surface area contributed by atoms with Gasteiger partial charge in [-0.25, -0.2) is 14.8 Å². The molecule has 0 amide bonds. The van der Waals surface area contributed by atoms with Gasteiger partial charge < -0.3 is 9.14 Å². The molecule has 0 N–H and O–H groups in total. The number of hydrogen-bond acceptors (Lipinski definition) is 4. The Kier molecular flexibility index (Phi) is 1.70. The zero-order valence-corrected chi connectivity index (χ0v) is 6.97. The van der Waals surface area contributed by atoms with Crippen LogP contribution in [0.25, 0.3) is 5.65 Å². The van der Waals surface area contributed by atoms with E-state index in [1.54, 1.807) is 23.0 Å². The average Bonchev–Trinajstić information content (AvgIpc) is 2.63. The zero-order valence-electron chi connectivity index (χ0n) is 6.97. The van der Waals surface area contributed by atoms with Crippen LogP contribution in [0.15, 0.2) is 24.8 Å². The van der Waals surface area contributed by atoms with Crippen LogP contribution in [-0.2, 0) is 4.74 Å². The second-order valence-corrected chi connectivity index (χ2v) is 2.46. The van der Waals surface area contributed by atoms with Gasteiger partial charge in [0.05, 0.1) is 13.3 Å². The molecule has 0 radical (unpaired) electrons. The number of esters is 1. The molecule has 2 aromatic heterocycles. The fourth-order valence-electron chi connectivity index (χ4n) is 1.04. The largest absolute Gasteiger partial charge is 0.464 e. The molecule has 0 aromatic carbocycles. The highest BCUT2D eigenvalue weighted by molar-refractivity contribution is 5.86. The minimum Gasteiger partial charge on any atom is -0.464 e. The van der Waals surface area contributed by atoms with Crippen LogP contribution in [0.2, 0.25) is 0 Å². The highest BCUT2D eigenvalue weighted by Gasteiger charge is 2.07. The van der Waals surface area contributed by atoms with E-state index in [2.05, 4.69) is 14.7 Å². The van der Waals surface area contributed by atoms with Gasteiger partial charge >= 0.3 is 5.97 Å². The van der Waals surface area contributed by atoms with E-state index in [9.17, 15) is 4.79 Å². The van der Waals surface area contributed by atoms with E-state index in [-0.39, 0.29) is 5.69 Å². The Balaban J connectivity index is 2.54. The maximum Gasteiger partial charge on any atom is 0.358 e. The van der Waals surface area contributed by atoms with Crippen LogP contribution in [0, 0.1) is 0 Å². The fourth-order valence-corrected chi connectivity index (χ4v) is 1.04. The predicted molar refractivity (Wildman–Crippen MR) is 44.3 cm³/mol. The molecule has 2 rings (SSSR count). The van der Waals surface area contributed by atoms with Crippen molar-refractivity contribution >= 4 is 11.6 Å². The molecule has 0 bridgehead atoms. The minimum absolute atomic E-state index is 0.271. The van der Waals surface area contributed by atoms with E-state index in [4.69, 9.17) is 0 Å². The molecule has 5 heteroatoms. The highest BCUT2D eigenvalue weighted by Crippen LogP contribution is 2.01. The Morgan fingerprint density at radius 1 is 1.54 bits per heavy atom. The number of imidazole rings is 1. The number of rotatable bonds is 1. The number of carbonyl (C=O) groups is 1. The number of methoxy groups -OCH3 is 1. The fraction of sp³-hybridized carbons (Fsp3) is 0.125. The average molecular weight is 177 g/mol. The summed E-state index contributed by atoms with van der Waals surface area (Å²) in [5.74, 6) is -0.449. The van der Waals surface area contributed by atoms with Crippen LogP contribution in [0.1, 0.15) is 10.5 Å². The van der Waals surface area contributed by atoms with Gasteiger partial charge in [-0.2, -0.15) is 0 Å². The summed E-state index contributed by atoms with van der Waals surface area (Å²) in [5.41, 5.74) is 0.973. The Bertz CT molecular complexity index is 449. The first-order chi connectivity index (χ1) is 6.31. The third-order valence-electron chi connectivity index (χ3n) is 1.67. The summed E-state index contributed by atoms with van der Waals surface area (Å²) in [6.07, 6.45) is 6.47. The molecule has 0 fully saturated rings. The molecule has 2 aromatic rings. The van der Waals surface area contributed by atoms with E-state index in [1.807, 2.05) is 0 Å². The van der Waals surface area contributed by atoms with Crippen molar-refractivity contribution in [1.29, 1.82) is 0 Å². The molecule has 0 saturated heterocycles. The highest BCUT2D eigenvalue weighted by atomic mass is 16.5. The summed E-state index contributed by atoms with van der Waals surface area (Å²) in [6, 6.07) is 0. The summed E-state index contributed by atoms with van der Waals surface area (Å²) in [5, 5.41) is 0. The van der Waals surface area contributed by atoms with Gasteiger partial charge in [0.15, 0.2) is 11.3 Å². The Morgan fingerprint density at radius 2 is 2.38 bits per heavy atom. The Hall–Kier alpha value is -1.91. The minimum atomic E-state index is -0.449. The first-order valence-corrected chi connectivity index (χ1v) is 3.68. The van der Waals surface area contributed by atoms with Crippen LogP contribution in [-0.4, -0.2) is 27.4 Å². The summed E-state index contributed by atoms with van der Waals surface area (Å²) >= 11 is 0. The van der Waals surface area contributed by atoms with Crippen LogP contribution in [0.5, 0.6) is 0 Å². The molecule has 0 saturated carbocycles. The molecule has 0 atom stereocenters. The summed E-state index contributed by atoms with van der Waals surface area (Å²) < 4.78 is 6.23. The van der Waals surface area contributed by atoms with Crippen molar-refractivity contribution in [3.05, 3.63) is 30.5 Å². The van der Waals surface area contributed by atoms with Crippen molar-refractivity contribution in [3.63, 3.8) is 0 Å². The van der Waals surface area contributed by atoms with Gasteiger partial charge in [0, 0.05) is 18.6 Å². The lowest BCUT2D eigenvalue weighted by Gasteiger charge is -1.98. The number of aromatic nitrogens is 3. The van der Waals surface area contributed by atoms with Gasteiger partial charge in [-0.3, -0.25) is 0 Å². The van der Waals surface area contributed by atoms with E-state index in [0.717, 1.165) is 0 Å². The van der Waals surface area contributed by atoms with Gasteiger partial charge in [0.25, 0.3) is 0 Å². The van der Waals surface area contributed by atoms with Crippen LogP contribution < -0.4 is 0 Å². The Morgan fingerprint density at radius 3 is 3.15 bits per heavy atom. The lowest BCUT2D eigenvalue weighted by atomic mass is 10.4. The smallest absolute Gasteiger partial charge is 0.358 e. The first-order valence-electron chi connectivity index (χ1n) is 3.68. The van der Waals surface area contributed by atoms with Gasteiger partial charge in [0.2, 0.25) is 0 Å². The van der Waals surface area contributed by atoms with Gasteiger partial charge in [-0.05, 0) is 0 Å². The summed E-state index contributed by atoms with van der Waals surface area (Å²) in [4.78, 5) is 18.9. The molecule has 66 valence electrons. The topological polar surface area (TPSA) is 56.5 Å². The van der Waals surface area contributed by atoms with E-state index >= 15 is 0 Å². The van der Waals surface area contributed by atoms with E-state index in [0.29, 0.717) is 5.65 Å². The lowest BCUT2D eigenvalue weighted by Crippen LogP contribution is -2.05. The lowest BCUT2D eigenvalue weighted by molar-refractivity contribution is 0.0593. The number of ether oxygens (including phenoxy) is 1. The zero-order chi connectivity index (χ0) is 9.26. The van der Waals surface area contributed by atoms with Crippen molar-refractivity contribution < 1.29 is 9.53 Å². The first kappa shape index (κ1) is 7.72. The molecule has 0 aliphatic rings.